The van der Waals surface area contributed by atoms with Crippen LogP contribution in [0.15, 0.2) is 18.2 Å². The highest BCUT2D eigenvalue weighted by Gasteiger charge is 2.29. The van der Waals surface area contributed by atoms with Gasteiger partial charge in [0.1, 0.15) is 0 Å². The van der Waals surface area contributed by atoms with Gasteiger partial charge in [-0.05, 0) is 17.7 Å². The monoisotopic (exact) mass is 404 g/mol. The molecule has 0 aromatic heterocycles. The van der Waals surface area contributed by atoms with Crippen LogP contribution in [0.2, 0.25) is 10.0 Å². The van der Waals surface area contributed by atoms with Gasteiger partial charge in [0, 0.05) is 13.1 Å². The van der Waals surface area contributed by atoms with Gasteiger partial charge in [-0.25, -0.2) is 0 Å². The standard InChI is InChI=1S/C15H14Cl2N2O5S/c16-10-2-1-9(5-11(10)17)6-14(22)24-7-12(20)18-3-4-19-13(21)8-25-15(19)23/h1-2,5H,3-4,6-8H2,(H,18,20). The zero-order valence-corrected chi connectivity index (χ0v) is 15.2. The van der Waals surface area contributed by atoms with Crippen molar-refractivity contribution in [2.75, 3.05) is 25.4 Å². The Morgan fingerprint density at radius 2 is 2.00 bits per heavy atom. The summed E-state index contributed by atoms with van der Waals surface area (Å²) < 4.78 is 4.86. The van der Waals surface area contributed by atoms with Crippen LogP contribution in [0.1, 0.15) is 5.56 Å². The molecule has 0 bridgehead atoms. The minimum absolute atomic E-state index is 0.0435. The molecule has 0 saturated carbocycles. The smallest absolute Gasteiger partial charge is 0.310 e. The quantitative estimate of drug-likeness (QED) is 0.697. The number of nitrogens with one attached hydrogen (secondary N) is 1. The molecule has 1 aliphatic rings. The third kappa shape index (κ3) is 5.91. The average Bonchev–Trinajstić information content (AvgIpc) is 2.88. The van der Waals surface area contributed by atoms with Crippen molar-refractivity contribution in [3.63, 3.8) is 0 Å². The molecule has 0 spiro atoms. The van der Waals surface area contributed by atoms with E-state index >= 15 is 0 Å². The van der Waals surface area contributed by atoms with Gasteiger partial charge >= 0.3 is 5.97 Å². The van der Waals surface area contributed by atoms with Gasteiger partial charge < -0.3 is 10.1 Å². The van der Waals surface area contributed by atoms with E-state index < -0.39 is 18.5 Å². The number of carbonyl (C=O) groups is 4. The van der Waals surface area contributed by atoms with Gasteiger partial charge in [0.25, 0.3) is 11.1 Å². The third-order valence-electron chi connectivity index (χ3n) is 3.19. The molecule has 2 rings (SSSR count). The van der Waals surface area contributed by atoms with E-state index in [0.717, 1.165) is 16.7 Å². The number of amides is 3. The fourth-order valence-electron chi connectivity index (χ4n) is 1.97. The zero-order valence-electron chi connectivity index (χ0n) is 12.9. The second-order valence-corrected chi connectivity index (χ2v) is 6.78. The number of imide groups is 1. The van der Waals surface area contributed by atoms with E-state index in [0.29, 0.717) is 15.6 Å². The molecule has 1 heterocycles. The van der Waals surface area contributed by atoms with Crippen molar-refractivity contribution in [2.45, 2.75) is 6.42 Å². The van der Waals surface area contributed by atoms with Crippen molar-refractivity contribution < 1.29 is 23.9 Å². The van der Waals surface area contributed by atoms with Crippen LogP contribution in [-0.2, 0) is 25.5 Å². The number of carbonyl (C=O) groups excluding carboxylic acids is 4. The Morgan fingerprint density at radius 3 is 2.64 bits per heavy atom. The largest absolute Gasteiger partial charge is 0.455 e. The lowest BCUT2D eigenvalue weighted by atomic mass is 10.1. The van der Waals surface area contributed by atoms with Crippen LogP contribution < -0.4 is 5.32 Å². The summed E-state index contributed by atoms with van der Waals surface area (Å²) in [5.41, 5.74) is 0.614. The van der Waals surface area contributed by atoms with Gasteiger partial charge in [0.05, 0.1) is 22.2 Å². The number of benzene rings is 1. The number of hydrogen-bond acceptors (Lipinski definition) is 6. The van der Waals surface area contributed by atoms with E-state index in [-0.39, 0.29) is 36.4 Å². The molecule has 25 heavy (non-hydrogen) atoms. The molecule has 1 aliphatic heterocycles. The van der Waals surface area contributed by atoms with Gasteiger partial charge in [0.15, 0.2) is 6.61 Å². The highest BCUT2D eigenvalue weighted by atomic mass is 35.5. The van der Waals surface area contributed by atoms with Crippen LogP contribution in [-0.4, -0.2) is 53.4 Å². The molecule has 1 aromatic carbocycles. The lowest BCUT2D eigenvalue weighted by Crippen LogP contribution is -2.38. The van der Waals surface area contributed by atoms with Crippen LogP contribution in [0.5, 0.6) is 0 Å². The Balaban J connectivity index is 1.67. The maximum Gasteiger partial charge on any atom is 0.310 e. The first kappa shape index (κ1) is 19.6. The van der Waals surface area contributed by atoms with Crippen LogP contribution in [0.3, 0.4) is 0 Å². The van der Waals surface area contributed by atoms with E-state index in [1.54, 1.807) is 18.2 Å². The molecule has 0 radical (unpaired) electrons. The number of halogens is 2. The SMILES string of the molecule is O=C(COC(=O)Cc1ccc(Cl)c(Cl)c1)NCCN1C(=O)CSC1=O. The first-order chi connectivity index (χ1) is 11.9. The molecule has 1 aromatic rings. The number of rotatable bonds is 7. The van der Waals surface area contributed by atoms with Crippen LogP contribution in [0.4, 0.5) is 4.79 Å². The lowest BCUT2D eigenvalue weighted by Gasteiger charge is -2.13. The van der Waals surface area contributed by atoms with E-state index in [1.165, 1.54) is 0 Å². The molecule has 10 heteroatoms. The second kappa shape index (κ2) is 9.07. The first-order valence-electron chi connectivity index (χ1n) is 7.20. The Kier molecular flexibility index (Phi) is 7.10. The summed E-state index contributed by atoms with van der Waals surface area (Å²) in [5.74, 6) is -1.26. The molecule has 1 fully saturated rings. The Labute approximate surface area is 158 Å². The van der Waals surface area contributed by atoms with Crippen molar-refractivity contribution in [1.29, 1.82) is 0 Å². The van der Waals surface area contributed by atoms with Gasteiger partial charge in [0.2, 0.25) is 5.91 Å². The number of ether oxygens (including phenoxy) is 1. The van der Waals surface area contributed by atoms with Gasteiger partial charge in [-0.1, -0.05) is 41.0 Å². The third-order valence-corrected chi connectivity index (χ3v) is 4.79. The normalized spacial score (nSPS) is 13.9. The Hall–Kier alpha value is -1.77. The van der Waals surface area contributed by atoms with Crippen LogP contribution in [0.25, 0.3) is 0 Å². The zero-order chi connectivity index (χ0) is 18.4. The topological polar surface area (TPSA) is 92.8 Å². The first-order valence-corrected chi connectivity index (χ1v) is 8.94. The Bertz CT molecular complexity index is 697. The number of thioether (sulfide) groups is 1. The van der Waals surface area contributed by atoms with Crippen molar-refractivity contribution in [1.82, 2.24) is 10.2 Å². The highest BCUT2D eigenvalue weighted by molar-refractivity contribution is 8.14. The summed E-state index contributed by atoms with van der Waals surface area (Å²) in [7, 11) is 0. The molecule has 0 aliphatic carbocycles. The van der Waals surface area contributed by atoms with Gasteiger partial charge in [-0.15, -0.1) is 0 Å². The fraction of sp³-hybridized carbons (Fsp3) is 0.333. The van der Waals surface area contributed by atoms with E-state index in [1.807, 2.05) is 0 Å². The van der Waals surface area contributed by atoms with E-state index in [9.17, 15) is 19.2 Å². The fourth-order valence-corrected chi connectivity index (χ4v) is 3.04. The number of esters is 1. The van der Waals surface area contributed by atoms with Crippen molar-refractivity contribution in [3.05, 3.63) is 33.8 Å². The molecule has 7 nitrogen and oxygen atoms in total. The summed E-state index contributed by atoms with van der Waals surface area (Å²) >= 11 is 12.6. The predicted octanol–water partition coefficient (Wildman–Crippen LogP) is 1.89. The molecule has 134 valence electrons. The minimum Gasteiger partial charge on any atom is -0.455 e. The Morgan fingerprint density at radius 1 is 1.24 bits per heavy atom. The summed E-state index contributed by atoms with van der Waals surface area (Å²) in [5, 5.41) is 2.86. The van der Waals surface area contributed by atoms with Crippen LogP contribution >= 0.6 is 35.0 Å². The van der Waals surface area contributed by atoms with Crippen molar-refractivity contribution in [2.24, 2.45) is 0 Å². The predicted molar refractivity (Wildman–Crippen MR) is 93.7 cm³/mol. The summed E-state index contributed by atoms with van der Waals surface area (Å²) in [6.45, 7) is -0.258. The minimum atomic E-state index is -0.588. The molecule has 1 saturated heterocycles. The van der Waals surface area contributed by atoms with E-state index in [4.69, 9.17) is 27.9 Å². The van der Waals surface area contributed by atoms with Gasteiger partial charge in [-0.2, -0.15) is 0 Å². The molecular weight excluding hydrogens is 391 g/mol. The summed E-state index contributed by atoms with van der Waals surface area (Å²) in [4.78, 5) is 47.1. The highest BCUT2D eigenvalue weighted by Crippen LogP contribution is 2.22. The lowest BCUT2D eigenvalue weighted by molar-refractivity contribution is -0.147. The molecule has 1 N–H and O–H groups in total. The second-order valence-electron chi connectivity index (χ2n) is 5.04. The maximum absolute atomic E-state index is 11.7. The van der Waals surface area contributed by atoms with Gasteiger partial charge in [-0.3, -0.25) is 24.1 Å². The average molecular weight is 405 g/mol. The molecule has 0 atom stereocenters. The molecule has 0 unspecified atom stereocenters. The number of nitrogens with zero attached hydrogens (tertiary/aromatic N) is 1. The van der Waals surface area contributed by atoms with Crippen molar-refractivity contribution in [3.8, 4) is 0 Å². The van der Waals surface area contributed by atoms with Crippen molar-refractivity contribution >= 4 is 58.0 Å². The molecule has 3 amide bonds. The summed E-state index contributed by atoms with van der Waals surface area (Å²) in [6.07, 6.45) is -0.0435. The molecular formula is C15H14Cl2N2O5S. The summed E-state index contributed by atoms with van der Waals surface area (Å²) in [6, 6.07) is 4.75. The number of hydrogen-bond donors (Lipinski definition) is 1. The maximum atomic E-state index is 11.7. The van der Waals surface area contributed by atoms with E-state index in [2.05, 4.69) is 5.32 Å². The van der Waals surface area contributed by atoms with Crippen LogP contribution in [0, 0.1) is 0 Å².